The highest BCUT2D eigenvalue weighted by Crippen LogP contribution is 2.27. The molecule has 1 N–H and O–H groups in total. The zero-order valence-corrected chi connectivity index (χ0v) is 13.5. The molecule has 0 aliphatic heterocycles. The molecule has 0 spiro atoms. The predicted molar refractivity (Wildman–Crippen MR) is 88.3 cm³/mol. The molecular weight excluding hydrogens is 343 g/mol. The lowest BCUT2D eigenvalue weighted by molar-refractivity contribution is -0.384. The van der Waals surface area contributed by atoms with Crippen molar-refractivity contribution in [2.24, 2.45) is 0 Å². The minimum atomic E-state index is -0.844. The van der Waals surface area contributed by atoms with Gasteiger partial charge in [0.2, 0.25) is 0 Å². The van der Waals surface area contributed by atoms with Crippen molar-refractivity contribution in [2.75, 3.05) is 5.32 Å². The number of carbonyl (C=O) groups excluding carboxylic acids is 1. The van der Waals surface area contributed by atoms with E-state index in [4.69, 9.17) is 27.9 Å². The highest BCUT2D eigenvalue weighted by atomic mass is 35.5. The molecule has 0 aliphatic rings. The largest absolute Gasteiger partial charge is 0.481 e. The molecule has 8 heteroatoms. The fourth-order valence-corrected chi connectivity index (χ4v) is 2.10. The second-order valence-electron chi connectivity index (χ2n) is 4.63. The number of nitrogens with one attached hydrogen (secondary N) is 1. The van der Waals surface area contributed by atoms with Gasteiger partial charge in [-0.25, -0.2) is 0 Å². The Morgan fingerprint density at radius 3 is 2.65 bits per heavy atom. The summed E-state index contributed by atoms with van der Waals surface area (Å²) in [5.41, 5.74) is -0.0273. The van der Waals surface area contributed by atoms with Gasteiger partial charge in [0.1, 0.15) is 5.75 Å². The molecule has 0 saturated carbocycles. The molecule has 0 aromatic heterocycles. The number of amides is 1. The molecule has 0 heterocycles. The molecular formula is C15H12Cl2N2O4. The van der Waals surface area contributed by atoms with Crippen LogP contribution in [0.4, 0.5) is 11.4 Å². The standard InChI is InChI=1S/C15H12Cl2N2O4/c1-9(23-12-4-2-3-10(16)7-12)15(20)18-14-8-11(19(21)22)5-6-13(14)17/h2-9H,1H3,(H,18,20). The van der Waals surface area contributed by atoms with Crippen molar-refractivity contribution in [3.63, 3.8) is 0 Å². The minimum Gasteiger partial charge on any atom is -0.481 e. The van der Waals surface area contributed by atoms with Crippen LogP contribution in [0.15, 0.2) is 42.5 Å². The van der Waals surface area contributed by atoms with E-state index in [0.29, 0.717) is 10.8 Å². The number of nitrogens with zero attached hydrogens (tertiary/aromatic N) is 1. The maximum absolute atomic E-state index is 12.1. The molecule has 1 unspecified atom stereocenters. The highest BCUT2D eigenvalue weighted by molar-refractivity contribution is 6.33. The number of nitro benzene ring substituents is 1. The number of nitro groups is 1. The van der Waals surface area contributed by atoms with E-state index in [1.807, 2.05) is 0 Å². The van der Waals surface area contributed by atoms with Crippen LogP contribution in [-0.4, -0.2) is 16.9 Å². The topological polar surface area (TPSA) is 81.5 Å². The van der Waals surface area contributed by atoms with Crippen molar-refractivity contribution < 1.29 is 14.5 Å². The summed E-state index contributed by atoms with van der Waals surface area (Å²) in [7, 11) is 0. The Morgan fingerprint density at radius 2 is 2.00 bits per heavy atom. The van der Waals surface area contributed by atoms with Gasteiger partial charge in [0.15, 0.2) is 6.10 Å². The number of hydrogen-bond acceptors (Lipinski definition) is 4. The maximum Gasteiger partial charge on any atom is 0.271 e. The number of rotatable bonds is 5. The third-order valence-corrected chi connectivity index (χ3v) is 3.46. The first-order valence-corrected chi connectivity index (χ1v) is 7.29. The van der Waals surface area contributed by atoms with Crippen molar-refractivity contribution in [1.29, 1.82) is 0 Å². The summed E-state index contributed by atoms with van der Waals surface area (Å²) in [6.45, 7) is 1.54. The summed E-state index contributed by atoms with van der Waals surface area (Å²) in [5, 5.41) is 14.0. The van der Waals surface area contributed by atoms with Crippen LogP contribution in [0.1, 0.15) is 6.92 Å². The summed E-state index contributed by atoms with van der Waals surface area (Å²) in [6.07, 6.45) is -0.844. The normalized spacial score (nSPS) is 11.6. The van der Waals surface area contributed by atoms with Crippen LogP contribution in [0.3, 0.4) is 0 Å². The van der Waals surface area contributed by atoms with Crippen molar-refractivity contribution in [2.45, 2.75) is 13.0 Å². The third-order valence-electron chi connectivity index (χ3n) is 2.90. The zero-order valence-electron chi connectivity index (χ0n) is 12.0. The molecule has 1 amide bonds. The fraction of sp³-hybridized carbons (Fsp3) is 0.133. The van der Waals surface area contributed by atoms with Gasteiger partial charge < -0.3 is 10.1 Å². The van der Waals surface area contributed by atoms with Crippen molar-refractivity contribution in [3.05, 3.63) is 62.6 Å². The van der Waals surface area contributed by atoms with Crippen LogP contribution in [0, 0.1) is 10.1 Å². The highest BCUT2D eigenvalue weighted by Gasteiger charge is 2.18. The molecule has 23 heavy (non-hydrogen) atoms. The SMILES string of the molecule is CC(Oc1cccc(Cl)c1)C(=O)Nc1cc([N+](=O)[O-])ccc1Cl. The average molecular weight is 355 g/mol. The van der Waals surface area contributed by atoms with Gasteiger partial charge in [0, 0.05) is 17.2 Å². The number of carbonyl (C=O) groups is 1. The summed E-state index contributed by atoms with van der Waals surface area (Å²) in [4.78, 5) is 22.3. The Bertz CT molecular complexity index is 752. The molecule has 6 nitrogen and oxygen atoms in total. The van der Waals surface area contributed by atoms with E-state index in [1.165, 1.54) is 18.2 Å². The molecule has 0 radical (unpaired) electrons. The fourth-order valence-electron chi connectivity index (χ4n) is 1.75. The Hall–Kier alpha value is -2.31. The summed E-state index contributed by atoms with van der Waals surface area (Å²) < 4.78 is 5.47. The lowest BCUT2D eigenvalue weighted by Crippen LogP contribution is -2.30. The first kappa shape index (κ1) is 17.1. The Labute approximate surface area is 142 Å². The smallest absolute Gasteiger partial charge is 0.271 e. The van der Waals surface area contributed by atoms with E-state index < -0.39 is 16.9 Å². The quantitative estimate of drug-likeness (QED) is 0.640. The number of non-ortho nitro benzene ring substituents is 1. The Morgan fingerprint density at radius 1 is 1.26 bits per heavy atom. The van der Waals surface area contributed by atoms with Crippen LogP contribution in [0.2, 0.25) is 10.0 Å². The molecule has 2 aromatic carbocycles. The second kappa shape index (κ2) is 7.30. The van der Waals surface area contributed by atoms with Crippen molar-refractivity contribution in [1.82, 2.24) is 0 Å². The number of anilines is 1. The minimum absolute atomic E-state index is 0.146. The van der Waals surface area contributed by atoms with E-state index >= 15 is 0 Å². The van der Waals surface area contributed by atoms with Gasteiger partial charge in [-0.1, -0.05) is 29.3 Å². The van der Waals surface area contributed by atoms with Gasteiger partial charge >= 0.3 is 0 Å². The summed E-state index contributed by atoms with van der Waals surface area (Å²) >= 11 is 11.8. The summed E-state index contributed by atoms with van der Waals surface area (Å²) in [6, 6.07) is 10.4. The zero-order chi connectivity index (χ0) is 17.0. The van der Waals surface area contributed by atoms with E-state index in [9.17, 15) is 14.9 Å². The monoisotopic (exact) mass is 354 g/mol. The predicted octanol–water partition coefficient (Wildman–Crippen LogP) is 4.31. The van der Waals surface area contributed by atoms with Gasteiger partial charge in [0.05, 0.1) is 15.6 Å². The number of benzene rings is 2. The van der Waals surface area contributed by atoms with Crippen molar-refractivity contribution >= 4 is 40.5 Å². The summed E-state index contributed by atoms with van der Waals surface area (Å²) in [5.74, 6) is -0.0577. The number of halogens is 2. The Balaban J connectivity index is 2.09. The molecule has 2 rings (SSSR count). The van der Waals surface area contributed by atoms with E-state index in [1.54, 1.807) is 31.2 Å². The third kappa shape index (κ3) is 4.58. The Kier molecular flexibility index (Phi) is 5.41. The van der Waals surface area contributed by atoms with Gasteiger partial charge in [-0.05, 0) is 31.2 Å². The molecule has 0 bridgehead atoms. The van der Waals surface area contributed by atoms with Crippen molar-refractivity contribution in [3.8, 4) is 5.75 Å². The lowest BCUT2D eigenvalue weighted by Gasteiger charge is -2.15. The van der Waals surface area contributed by atoms with Crippen LogP contribution in [-0.2, 0) is 4.79 Å². The second-order valence-corrected chi connectivity index (χ2v) is 5.47. The molecule has 2 aromatic rings. The molecule has 1 atom stereocenters. The van der Waals surface area contributed by atoms with Gasteiger partial charge in [-0.2, -0.15) is 0 Å². The van der Waals surface area contributed by atoms with Gasteiger partial charge in [0.25, 0.3) is 11.6 Å². The van der Waals surface area contributed by atoms with Gasteiger partial charge in [-0.15, -0.1) is 0 Å². The maximum atomic E-state index is 12.1. The first-order chi connectivity index (χ1) is 10.9. The van der Waals surface area contributed by atoms with Crippen LogP contribution in [0.5, 0.6) is 5.75 Å². The molecule has 0 fully saturated rings. The number of hydrogen-bond donors (Lipinski definition) is 1. The van der Waals surface area contributed by atoms with Gasteiger partial charge in [-0.3, -0.25) is 14.9 Å². The average Bonchev–Trinajstić information content (AvgIpc) is 2.49. The molecule has 0 aliphatic carbocycles. The van der Waals surface area contributed by atoms with E-state index in [0.717, 1.165) is 0 Å². The molecule has 120 valence electrons. The molecule has 0 saturated heterocycles. The first-order valence-electron chi connectivity index (χ1n) is 6.54. The van der Waals surface area contributed by atoms with Crippen LogP contribution >= 0.6 is 23.2 Å². The number of ether oxygens (including phenoxy) is 1. The van der Waals surface area contributed by atoms with E-state index in [-0.39, 0.29) is 16.4 Å². The lowest BCUT2D eigenvalue weighted by atomic mass is 10.2. The van der Waals surface area contributed by atoms with Crippen LogP contribution < -0.4 is 10.1 Å². The van der Waals surface area contributed by atoms with E-state index in [2.05, 4.69) is 5.32 Å². The van der Waals surface area contributed by atoms with Crippen LogP contribution in [0.25, 0.3) is 0 Å².